The third-order valence-corrected chi connectivity index (χ3v) is 6.72. The van der Waals surface area contributed by atoms with Gasteiger partial charge in [-0.2, -0.15) is 0 Å². The van der Waals surface area contributed by atoms with E-state index in [1.807, 2.05) is 11.0 Å². The van der Waals surface area contributed by atoms with Crippen molar-refractivity contribution < 1.29 is 14.3 Å². The molecule has 1 N–H and O–H groups in total. The summed E-state index contributed by atoms with van der Waals surface area (Å²) in [6.07, 6.45) is 4.64. The normalized spacial score (nSPS) is 23.2. The standard InChI is InChI=1S/C21H29N5O4/c1-29-13-20(27)25-7-2-3-18(25)17-11-19-22-16-4-8-24(14-5-9-30-10-6-14)12-15(16)21(28)26(19)23-17/h11,14,18,23H,2-10,12-13H2,1H3. The minimum atomic E-state index is -0.0653. The number of H-pyrrole nitrogens is 1. The molecule has 1 amide bonds. The molecule has 3 aliphatic heterocycles. The van der Waals surface area contributed by atoms with Crippen LogP contribution in [0.4, 0.5) is 0 Å². The molecule has 2 aromatic heterocycles. The van der Waals surface area contributed by atoms with Crippen LogP contribution in [0.15, 0.2) is 10.9 Å². The molecule has 0 aromatic carbocycles. The van der Waals surface area contributed by atoms with Crippen molar-refractivity contribution in [2.24, 2.45) is 0 Å². The molecule has 9 heteroatoms. The van der Waals surface area contributed by atoms with Gasteiger partial charge < -0.3 is 14.4 Å². The molecule has 3 aliphatic rings. The van der Waals surface area contributed by atoms with E-state index in [1.165, 1.54) is 7.11 Å². The van der Waals surface area contributed by atoms with E-state index in [-0.39, 0.29) is 24.1 Å². The molecule has 30 heavy (non-hydrogen) atoms. The fourth-order valence-electron chi connectivity index (χ4n) is 5.15. The van der Waals surface area contributed by atoms with E-state index in [0.717, 1.165) is 68.8 Å². The maximum Gasteiger partial charge on any atom is 0.277 e. The van der Waals surface area contributed by atoms with Crippen molar-refractivity contribution in [2.45, 2.75) is 50.7 Å². The molecular weight excluding hydrogens is 386 g/mol. The lowest BCUT2D eigenvalue weighted by Crippen LogP contribution is -2.44. The average Bonchev–Trinajstić information content (AvgIpc) is 3.42. The smallest absolute Gasteiger partial charge is 0.277 e. The van der Waals surface area contributed by atoms with E-state index < -0.39 is 0 Å². The highest BCUT2D eigenvalue weighted by molar-refractivity contribution is 5.78. The minimum Gasteiger partial charge on any atom is -0.381 e. The van der Waals surface area contributed by atoms with Gasteiger partial charge in [0, 0.05) is 58.5 Å². The Morgan fingerprint density at radius 1 is 1.30 bits per heavy atom. The van der Waals surface area contributed by atoms with Crippen LogP contribution >= 0.6 is 0 Å². The quantitative estimate of drug-likeness (QED) is 0.797. The second-order valence-corrected chi connectivity index (χ2v) is 8.49. The van der Waals surface area contributed by atoms with Crippen molar-refractivity contribution in [3.8, 4) is 0 Å². The van der Waals surface area contributed by atoms with E-state index in [0.29, 0.717) is 24.8 Å². The lowest BCUT2D eigenvalue weighted by Gasteiger charge is -2.36. The highest BCUT2D eigenvalue weighted by Gasteiger charge is 2.32. The Labute approximate surface area is 174 Å². The summed E-state index contributed by atoms with van der Waals surface area (Å²) in [5.74, 6) is -0.0228. The number of hydrogen-bond acceptors (Lipinski definition) is 6. The number of aromatic amines is 1. The van der Waals surface area contributed by atoms with Crippen LogP contribution < -0.4 is 5.56 Å². The van der Waals surface area contributed by atoms with Gasteiger partial charge in [-0.15, -0.1) is 0 Å². The first kappa shape index (κ1) is 19.7. The molecule has 2 saturated heterocycles. The molecule has 0 radical (unpaired) electrons. The van der Waals surface area contributed by atoms with Gasteiger partial charge >= 0.3 is 0 Å². The van der Waals surface area contributed by atoms with Crippen LogP contribution in [0.1, 0.15) is 48.7 Å². The van der Waals surface area contributed by atoms with E-state index in [4.69, 9.17) is 14.5 Å². The Hall–Kier alpha value is -2.23. The molecule has 0 spiro atoms. The van der Waals surface area contributed by atoms with Gasteiger partial charge in [-0.1, -0.05) is 0 Å². The molecule has 5 rings (SSSR count). The average molecular weight is 415 g/mol. The number of ether oxygens (including phenoxy) is 2. The fourth-order valence-corrected chi connectivity index (χ4v) is 5.15. The zero-order valence-electron chi connectivity index (χ0n) is 17.4. The molecule has 9 nitrogen and oxygen atoms in total. The van der Waals surface area contributed by atoms with E-state index >= 15 is 0 Å². The molecule has 1 atom stereocenters. The number of nitrogens with zero attached hydrogens (tertiary/aromatic N) is 4. The predicted molar refractivity (Wildman–Crippen MR) is 109 cm³/mol. The number of amides is 1. The second-order valence-electron chi connectivity index (χ2n) is 8.49. The van der Waals surface area contributed by atoms with Gasteiger partial charge in [0.1, 0.15) is 6.61 Å². The summed E-state index contributed by atoms with van der Waals surface area (Å²) in [7, 11) is 1.53. The number of fused-ring (bicyclic) bond motifs is 2. The number of aromatic nitrogens is 3. The fraction of sp³-hybridized carbons (Fsp3) is 0.667. The Morgan fingerprint density at radius 2 is 2.13 bits per heavy atom. The van der Waals surface area contributed by atoms with Crippen LogP contribution in [0.25, 0.3) is 5.65 Å². The van der Waals surface area contributed by atoms with Crippen molar-refractivity contribution in [3.05, 3.63) is 33.4 Å². The lowest BCUT2D eigenvalue weighted by atomic mass is 10.0. The van der Waals surface area contributed by atoms with Crippen molar-refractivity contribution >= 4 is 11.6 Å². The van der Waals surface area contributed by atoms with E-state index in [2.05, 4.69) is 10.00 Å². The number of methoxy groups -OCH3 is 1. The summed E-state index contributed by atoms with van der Waals surface area (Å²) < 4.78 is 12.1. The van der Waals surface area contributed by atoms with Gasteiger partial charge in [0.15, 0.2) is 5.65 Å². The highest BCUT2D eigenvalue weighted by atomic mass is 16.5. The van der Waals surface area contributed by atoms with Gasteiger partial charge in [0.25, 0.3) is 5.56 Å². The molecule has 0 aliphatic carbocycles. The lowest BCUT2D eigenvalue weighted by molar-refractivity contribution is -0.136. The Balaban J connectivity index is 1.44. The van der Waals surface area contributed by atoms with Gasteiger partial charge in [-0.25, -0.2) is 9.50 Å². The van der Waals surface area contributed by atoms with Crippen molar-refractivity contribution in [3.63, 3.8) is 0 Å². The number of likely N-dealkylation sites (tertiary alicyclic amines) is 1. The summed E-state index contributed by atoms with van der Waals surface area (Å²) in [5, 5.41) is 3.25. The SMILES string of the molecule is COCC(=O)N1CCCC1c1cc2nc3c(c(=O)n2[nH]1)CN(C1CCOCC1)CC3. The van der Waals surface area contributed by atoms with Crippen molar-refractivity contribution in [1.82, 2.24) is 24.4 Å². The summed E-state index contributed by atoms with van der Waals surface area (Å²) in [6, 6.07) is 2.34. The molecule has 2 aromatic rings. The van der Waals surface area contributed by atoms with Crippen LogP contribution in [0, 0.1) is 0 Å². The second kappa shape index (κ2) is 8.13. The first-order chi connectivity index (χ1) is 14.7. The number of carbonyl (C=O) groups is 1. The molecule has 1 unspecified atom stereocenters. The van der Waals surface area contributed by atoms with Gasteiger partial charge in [-0.3, -0.25) is 19.6 Å². The highest BCUT2D eigenvalue weighted by Crippen LogP contribution is 2.31. The zero-order valence-corrected chi connectivity index (χ0v) is 17.4. The van der Waals surface area contributed by atoms with Crippen LogP contribution in [0.3, 0.4) is 0 Å². The number of hydrogen-bond donors (Lipinski definition) is 1. The predicted octanol–water partition coefficient (Wildman–Crippen LogP) is 0.870. The number of carbonyl (C=O) groups excluding carboxylic acids is 1. The number of nitrogens with one attached hydrogen (secondary N) is 1. The summed E-state index contributed by atoms with van der Waals surface area (Å²) >= 11 is 0. The van der Waals surface area contributed by atoms with Crippen LogP contribution in [-0.4, -0.2) is 76.4 Å². The Bertz CT molecular complexity index is 993. The molecular formula is C21H29N5O4. The molecule has 162 valence electrons. The first-order valence-corrected chi connectivity index (χ1v) is 10.9. The summed E-state index contributed by atoms with van der Waals surface area (Å²) in [5.41, 5.74) is 3.18. The third-order valence-electron chi connectivity index (χ3n) is 6.72. The van der Waals surface area contributed by atoms with Crippen LogP contribution in [-0.2, 0) is 27.2 Å². The largest absolute Gasteiger partial charge is 0.381 e. The maximum absolute atomic E-state index is 13.3. The van der Waals surface area contributed by atoms with E-state index in [1.54, 1.807) is 4.52 Å². The summed E-state index contributed by atoms with van der Waals surface area (Å²) in [4.78, 5) is 34.7. The third kappa shape index (κ3) is 3.44. The topological polar surface area (TPSA) is 92.2 Å². The molecule has 0 bridgehead atoms. The molecule has 2 fully saturated rings. The molecule has 5 heterocycles. The Kier molecular flexibility index (Phi) is 5.34. The van der Waals surface area contributed by atoms with Crippen LogP contribution in [0.2, 0.25) is 0 Å². The van der Waals surface area contributed by atoms with Gasteiger partial charge in [0.2, 0.25) is 5.91 Å². The van der Waals surface area contributed by atoms with Crippen LogP contribution in [0.5, 0.6) is 0 Å². The monoisotopic (exact) mass is 415 g/mol. The first-order valence-electron chi connectivity index (χ1n) is 10.9. The molecule has 0 saturated carbocycles. The minimum absolute atomic E-state index is 0.0224. The Morgan fingerprint density at radius 3 is 2.93 bits per heavy atom. The number of rotatable bonds is 4. The maximum atomic E-state index is 13.3. The van der Waals surface area contributed by atoms with Gasteiger partial charge in [0.05, 0.1) is 23.0 Å². The van der Waals surface area contributed by atoms with Gasteiger partial charge in [-0.05, 0) is 25.7 Å². The summed E-state index contributed by atoms with van der Waals surface area (Å²) in [6.45, 7) is 3.95. The zero-order chi connectivity index (χ0) is 20.7. The van der Waals surface area contributed by atoms with E-state index in [9.17, 15) is 9.59 Å². The van der Waals surface area contributed by atoms with Crippen molar-refractivity contribution in [1.29, 1.82) is 0 Å². The van der Waals surface area contributed by atoms with Crippen molar-refractivity contribution in [2.75, 3.05) is 40.0 Å².